The molecule has 2 fully saturated rings. The molecule has 4 nitrogen and oxygen atoms in total. The minimum absolute atomic E-state index is 0.0967. The van der Waals surface area contributed by atoms with Gasteiger partial charge in [0.25, 0.3) is 0 Å². The fraction of sp³-hybridized carbons (Fsp3) is 0.632. The second-order valence-corrected chi connectivity index (χ2v) is 6.93. The molecule has 0 aliphatic carbocycles. The van der Waals surface area contributed by atoms with Crippen LogP contribution < -0.4 is 0 Å². The SMILES string of the molecule is COCCN1CCC2(CCN(CCCc3ccccc3)C2)C1=O. The summed E-state index contributed by atoms with van der Waals surface area (Å²) in [6, 6.07) is 10.7. The van der Waals surface area contributed by atoms with E-state index in [4.69, 9.17) is 4.74 Å². The predicted molar refractivity (Wildman–Crippen MR) is 91.3 cm³/mol. The normalized spacial score (nSPS) is 24.9. The van der Waals surface area contributed by atoms with E-state index >= 15 is 0 Å². The highest BCUT2D eigenvalue weighted by molar-refractivity contribution is 5.85. The van der Waals surface area contributed by atoms with Crippen molar-refractivity contribution in [2.75, 3.05) is 46.4 Å². The highest BCUT2D eigenvalue weighted by Gasteiger charge is 2.50. The number of rotatable bonds is 7. The average molecular weight is 316 g/mol. The lowest BCUT2D eigenvalue weighted by Crippen LogP contribution is -2.38. The van der Waals surface area contributed by atoms with Crippen molar-refractivity contribution in [2.45, 2.75) is 25.7 Å². The van der Waals surface area contributed by atoms with Gasteiger partial charge in [-0.2, -0.15) is 0 Å². The van der Waals surface area contributed by atoms with Gasteiger partial charge in [0.2, 0.25) is 5.91 Å². The molecule has 3 rings (SSSR count). The van der Waals surface area contributed by atoms with E-state index in [1.165, 1.54) is 12.0 Å². The van der Waals surface area contributed by atoms with Gasteiger partial charge < -0.3 is 14.5 Å². The Morgan fingerprint density at radius 2 is 1.91 bits per heavy atom. The molecule has 2 heterocycles. The molecule has 0 N–H and O–H groups in total. The fourth-order valence-corrected chi connectivity index (χ4v) is 3.99. The summed E-state index contributed by atoms with van der Waals surface area (Å²) in [5, 5.41) is 0. The molecule has 0 aromatic heterocycles. The molecular formula is C19H28N2O2. The molecule has 1 aromatic carbocycles. The number of methoxy groups -OCH3 is 1. The number of benzene rings is 1. The molecule has 1 atom stereocenters. The number of carbonyl (C=O) groups excluding carboxylic acids is 1. The molecule has 0 radical (unpaired) electrons. The minimum Gasteiger partial charge on any atom is -0.383 e. The van der Waals surface area contributed by atoms with Gasteiger partial charge in [0, 0.05) is 26.7 Å². The van der Waals surface area contributed by atoms with Gasteiger partial charge in [0.1, 0.15) is 0 Å². The molecule has 2 aliphatic heterocycles. The van der Waals surface area contributed by atoms with E-state index in [-0.39, 0.29) is 5.41 Å². The highest BCUT2D eigenvalue weighted by atomic mass is 16.5. The molecule has 23 heavy (non-hydrogen) atoms. The number of likely N-dealkylation sites (tertiary alicyclic amines) is 2. The third kappa shape index (κ3) is 3.75. The van der Waals surface area contributed by atoms with E-state index < -0.39 is 0 Å². The summed E-state index contributed by atoms with van der Waals surface area (Å²) in [6.07, 6.45) is 4.34. The maximum absolute atomic E-state index is 12.7. The van der Waals surface area contributed by atoms with Crippen LogP contribution in [0.15, 0.2) is 30.3 Å². The Morgan fingerprint density at radius 3 is 2.70 bits per heavy atom. The Kier molecular flexibility index (Phi) is 5.34. The molecule has 1 amide bonds. The Bertz CT molecular complexity index is 519. The van der Waals surface area contributed by atoms with Crippen LogP contribution in [0, 0.1) is 5.41 Å². The molecule has 2 aliphatic rings. The molecule has 0 bridgehead atoms. The second-order valence-electron chi connectivity index (χ2n) is 6.93. The standard InChI is InChI=1S/C19H28N2O2/c1-23-15-14-21-13-10-19(18(21)22)9-12-20(16-19)11-5-8-17-6-3-2-4-7-17/h2-4,6-7H,5,8-16H2,1H3. The quantitative estimate of drug-likeness (QED) is 0.773. The van der Waals surface area contributed by atoms with Gasteiger partial charge in [0.05, 0.1) is 12.0 Å². The first-order chi connectivity index (χ1) is 11.2. The monoisotopic (exact) mass is 316 g/mol. The van der Waals surface area contributed by atoms with Crippen LogP contribution in [0.4, 0.5) is 0 Å². The zero-order valence-corrected chi connectivity index (χ0v) is 14.2. The number of aryl methyl sites for hydroxylation is 1. The maximum Gasteiger partial charge on any atom is 0.230 e. The second kappa shape index (κ2) is 7.45. The predicted octanol–water partition coefficient (Wildman–Crippen LogP) is 2.19. The number of hydrogen-bond donors (Lipinski definition) is 0. The number of ether oxygens (including phenoxy) is 1. The van der Waals surface area contributed by atoms with Crippen LogP contribution in [0.25, 0.3) is 0 Å². The van der Waals surface area contributed by atoms with E-state index in [0.717, 1.165) is 52.0 Å². The Hall–Kier alpha value is -1.39. The van der Waals surface area contributed by atoms with Crippen molar-refractivity contribution in [2.24, 2.45) is 5.41 Å². The number of amides is 1. The average Bonchev–Trinajstić information content (AvgIpc) is 3.12. The summed E-state index contributed by atoms with van der Waals surface area (Å²) < 4.78 is 5.12. The first kappa shape index (κ1) is 16.5. The van der Waals surface area contributed by atoms with Crippen molar-refractivity contribution >= 4 is 5.91 Å². The van der Waals surface area contributed by atoms with Crippen LogP contribution in [0.1, 0.15) is 24.8 Å². The Morgan fingerprint density at radius 1 is 1.13 bits per heavy atom. The van der Waals surface area contributed by atoms with Gasteiger partial charge in [-0.15, -0.1) is 0 Å². The molecule has 2 saturated heterocycles. The Balaban J connectivity index is 1.46. The minimum atomic E-state index is -0.0967. The zero-order chi connectivity index (χ0) is 16.1. The Labute approximate surface area is 139 Å². The van der Waals surface area contributed by atoms with E-state index in [9.17, 15) is 4.79 Å². The van der Waals surface area contributed by atoms with Gasteiger partial charge >= 0.3 is 0 Å². The summed E-state index contributed by atoms with van der Waals surface area (Å²) in [7, 11) is 1.69. The molecule has 1 unspecified atom stereocenters. The van der Waals surface area contributed by atoms with Gasteiger partial charge in [0.15, 0.2) is 0 Å². The summed E-state index contributed by atoms with van der Waals surface area (Å²) in [4.78, 5) is 17.2. The van der Waals surface area contributed by atoms with E-state index in [2.05, 4.69) is 35.2 Å². The van der Waals surface area contributed by atoms with Crippen LogP contribution >= 0.6 is 0 Å². The van der Waals surface area contributed by atoms with Gasteiger partial charge in [-0.05, 0) is 44.3 Å². The van der Waals surface area contributed by atoms with Gasteiger partial charge in [-0.1, -0.05) is 30.3 Å². The summed E-state index contributed by atoms with van der Waals surface area (Å²) in [6.45, 7) is 5.40. The van der Waals surface area contributed by atoms with Crippen molar-refractivity contribution in [3.05, 3.63) is 35.9 Å². The molecule has 126 valence electrons. The van der Waals surface area contributed by atoms with Crippen molar-refractivity contribution in [3.8, 4) is 0 Å². The van der Waals surface area contributed by atoms with Crippen LogP contribution in [0.2, 0.25) is 0 Å². The lowest BCUT2D eigenvalue weighted by Gasteiger charge is -2.23. The highest BCUT2D eigenvalue weighted by Crippen LogP contribution is 2.40. The summed E-state index contributed by atoms with van der Waals surface area (Å²) >= 11 is 0. The molecule has 1 aromatic rings. The topological polar surface area (TPSA) is 32.8 Å². The largest absolute Gasteiger partial charge is 0.383 e. The van der Waals surface area contributed by atoms with Crippen molar-refractivity contribution in [1.82, 2.24) is 9.80 Å². The van der Waals surface area contributed by atoms with Gasteiger partial charge in [-0.25, -0.2) is 0 Å². The van der Waals surface area contributed by atoms with Crippen molar-refractivity contribution < 1.29 is 9.53 Å². The molecule has 4 heteroatoms. The van der Waals surface area contributed by atoms with Crippen LogP contribution in [-0.4, -0.2) is 62.1 Å². The first-order valence-corrected chi connectivity index (χ1v) is 8.78. The number of carbonyl (C=O) groups is 1. The van der Waals surface area contributed by atoms with Crippen LogP contribution in [0.3, 0.4) is 0 Å². The third-order valence-electron chi connectivity index (χ3n) is 5.38. The molecule has 1 spiro atoms. The summed E-state index contributed by atoms with van der Waals surface area (Å²) in [5.41, 5.74) is 1.31. The number of hydrogen-bond acceptors (Lipinski definition) is 3. The molecule has 0 saturated carbocycles. The van der Waals surface area contributed by atoms with Crippen molar-refractivity contribution in [1.29, 1.82) is 0 Å². The van der Waals surface area contributed by atoms with Crippen LogP contribution in [-0.2, 0) is 16.0 Å². The first-order valence-electron chi connectivity index (χ1n) is 8.78. The lowest BCUT2D eigenvalue weighted by atomic mass is 9.85. The number of nitrogens with zero attached hydrogens (tertiary/aromatic N) is 2. The smallest absolute Gasteiger partial charge is 0.230 e. The van der Waals surface area contributed by atoms with E-state index in [1.54, 1.807) is 7.11 Å². The fourth-order valence-electron chi connectivity index (χ4n) is 3.99. The molecular weight excluding hydrogens is 288 g/mol. The van der Waals surface area contributed by atoms with Crippen LogP contribution in [0.5, 0.6) is 0 Å². The maximum atomic E-state index is 12.7. The van der Waals surface area contributed by atoms with E-state index in [1.807, 2.05) is 4.90 Å². The third-order valence-corrected chi connectivity index (χ3v) is 5.38. The van der Waals surface area contributed by atoms with E-state index in [0.29, 0.717) is 12.5 Å². The van der Waals surface area contributed by atoms with Crippen molar-refractivity contribution in [3.63, 3.8) is 0 Å². The lowest BCUT2D eigenvalue weighted by molar-refractivity contribution is -0.136. The zero-order valence-electron chi connectivity index (χ0n) is 14.2. The summed E-state index contributed by atoms with van der Waals surface area (Å²) in [5.74, 6) is 0.361. The van der Waals surface area contributed by atoms with Gasteiger partial charge in [-0.3, -0.25) is 4.79 Å².